The van der Waals surface area contributed by atoms with Gasteiger partial charge in [0.1, 0.15) is 0 Å². The molecule has 2 unspecified atom stereocenters. The fourth-order valence-electron chi connectivity index (χ4n) is 3.07. The summed E-state index contributed by atoms with van der Waals surface area (Å²) in [6.07, 6.45) is 6.30. The molecule has 0 N–H and O–H groups in total. The quantitative estimate of drug-likeness (QED) is 0.790. The molecule has 2 heterocycles. The summed E-state index contributed by atoms with van der Waals surface area (Å²) in [6.45, 7) is 3.96. The molecule has 24 heavy (non-hydrogen) atoms. The van der Waals surface area contributed by atoms with Crippen LogP contribution in [0, 0.1) is 24.2 Å². The highest BCUT2D eigenvalue weighted by molar-refractivity contribution is 7.09. The van der Waals surface area contributed by atoms with Crippen LogP contribution in [0.3, 0.4) is 0 Å². The summed E-state index contributed by atoms with van der Waals surface area (Å²) < 4.78 is 5.49. The first-order chi connectivity index (χ1) is 11.7. The van der Waals surface area contributed by atoms with Gasteiger partial charge in [0.05, 0.1) is 6.54 Å². The largest absolute Gasteiger partial charge is 0.381 e. The second-order valence-corrected chi connectivity index (χ2v) is 7.18. The van der Waals surface area contributed by atoms with Crippen molar-refractivity contribution in [1.82, 2.24) is 0 Å². The molecule has 3 rings (SSSR count). The Kier molecular flexibility index (Phi) is 5.34. The van der Waals surface area contributed by atoms with Gasteiger partial charge >= 0.3 is 0 Å². The third kappa shape index (κ3) is 3.69. The third-order valence-electron chi connectivity index (χ3n) is 4.44. The molecule has 1 fully saturated rings. The minimum absolute atomic E-state index is 0.00629. The molecule has 3 nitrogen and oxygen atoms in total. The van der Waals surface area contributed by atoms with Crippen molar-refractivity contribution in [2.24, 2.45) is 11.8 Å². The summed E-state index contributed by atoms with van der Waals surface area (Å²) in [5.74, 6) is 3.04. The second kappa shape index (κ2) is 7.65. The van der Waals surface area contributed by atoms with E-state index in [0.717, 1.165) is 22.5 Å². The molecular weight excluding hydrogens is 318 g/mol. The van der Waals surface area contributed by atoms with Gasteiger partial charge in [0.2, 0.25) is 5.91 Å². The van der Waals surface area contributed by atoms with E-state index >= 15 is 0 Å². The molecule has 0 radical (unpaired) electrons. The molecule has 0 spiro atoms. The maximum atomic E-state index is 13.3. The first-order valence-corrected chi connectivity index (χ1v) is 9.05. The lowest BCUT2D eigenvalue weighted by atomic mass is 9.88. The first-order valence-electron chi connectivity index (χ1n) is 8.17. The number of carbonyl (C=O) groups is 1. The van der Waals surface area contributed by atoms with E-state index < -0.39 is 0 Å². The summed E-state index contributed by atoms with van der Waals surface area (Å²) in [5, 5.41) is 2.03. The highest BCUT2D eigenvalue weighted by atomic mass is 32.1. The van der Waals surface area contributed by atoms with E-state index in [1.807, 2.05) is 40.6 Å². The highest BCUT2D eigenvalue weighted by Gasteiger charge is 2.32. The summed E-state index contributed by atoms with van der Waals surface area (Å²) in [5.41, 5.74) is 1.65. The molecule has 1 aliphatic heterocycles. The number of amides is 1. The molecule has 0 bridgehead atoms. The van der Waals surface area contributed by atoms with E-state index in [9.17, 15) is 4.79 Å². The number of ether oxygens (including phenoxy) is 1. The van der Waals surface area contributed by atoms with Crippen LogP contribution in [0.1, 0.15) is 23.8 Å². The van der Waals surface area contributed by atoms with Crippen molar-refractivity contribution in [1.29, 1.82) is 0 Å². The zero-order chi connectivity index (χ0) is 16.9. The van der Waals surface area contributed by atoms with E-state index in [0.29, 0.717) is 19.8 Å². The van der Waals surface area contributed by atoms with E-state index in [1.54, 1.807) is 11.3 Å². The molecule has 1 aromatic heterocycles. The minimum atomic E-state index is -0.00629. The molecule has 1 aliphatic rings. The van der Waals surface area contributed by atoms with Crippen LogP contribution in [0.15, 0.2) is 41.8 Å². The molecule has 1 aromatic carbocycles. The fraction of sp³-hybridized carbons (Fsp3) is 0.350. The van der Waals surface area contributed by atoms with Crippen molar-refractivity contribution in [2.45, 2.75) is 19.9 Å². The summed E-state index contributed by atoms with van der Waals surface area (Å²) >= 11 is 1.66. The Morgan fingerprint density at radius 1 is 1.42 bits per heavy atom. The van der Waals surface area contributed by atoms with Crippen molar-refractivity contribution in [3.8, 4) is 12.3 Å². The van der Waals surface area contributed by atoms with Crippen LogP contribution >= 0.6 is 11.3 Å². The highest BCUT2D eigenvalue weighted by Crippen LogP contribution is 2.28. The lowest BCUT2D eigenvalue weighted by molar-refractivity contribution is -0.128. The third-order valence-corrected chi connectivity index (χ3v) is 5.30. The Labute approximate surface area is 147 Å². The van der Waals surface area contributed by atoms with Gasteiger partial charge in [-0.15, -0.1) is 17.8 Å². The molecule has 1 saturated heterocycles. The van der Waals surface area contributed by atoms with Gasteiger partial charge in [-0.3, -0.25) is 4.79 Å². The Morgan fingerprint density at radius 3 is 3.00 bits per heavy atom. The molecule has 2 aromatic rings. The van der Waals surface area contributed by atoms with Crippen molar-refractivity contribution in [2.75, 3.05) is 18.1 Å². The van der Waals surface area contributed by atoms with Crippen LogP contribution in [0.5, 0.6) is 0 Å². The Bertz CT molecular complexity index is 732. The minimum Gasteiger partial charge on any atom is -0.381 e. The number of carbonyl (C=O) groups excluding carboxylic acids is 1. The number of hydrogen-bond acceptors (Lipinski definition) is 3. The summed E-state index contributed by atoms with van der Waals surface area (Å²) in [6, 6.07) is 11.7. The van der Waals surface area contributed by atoms with Gasteiger partial charge in [0, 0.05) is 35.3 Å². The van der Waals surface area contributed by atoms with E-state index in [2.05, 4.69) is 18.9 Å². The van der Waals surface area contributed by atoms with Gasteiger partial charge in [0.25, 0.3) is 0 Å². The SMILES string of the molecule is C#Cc1cccc(N(Cc2cccs2)C(=O)C2CCOCC2C)c1. The van der Waals surface area contributed by atoms with Crippen LogP contribution in [0.2, 0.25) is 0 Å². The zero-order valence-electron chi connectivity index (χ0n) is 13.8. The lowest BCUT2D eigenvalue weighted by Crippen LogP contribution is -2.41. The van der Waals surface area contributed by atoms with E-state index in [4.69, 9.17) is 11.2 Å². The topological polar surface area (TPSA) is 29.5 Å². The smallest absolute Gasteiger partial charge is 0.230 e. The number of terminal acetylenes is 1. The molecule has 1 amide bonds. The van der Waals surface area contributed by atoms with Gasteiger partial charge in [-0.2, -0.15) is 0 Å². The average Bonchev–Trinajstić information content (AvgIpc) is 3.13. The standard InChI is InChI=1S/C20H21NO2S/c1-3-16-6-4-7-17(12-16)21(13-18-8-5-11-24-18)20(22)19-9-10-23-14-15(19)2/h1,4-8,11-12,15,19H,9-10,13-14H2,2H3. The van der Waals surface area contributed by atoms with Crippen LogP contribution in [-0.4, -0.2) is 19.1 Å². The number of benzene rings is 1. The Hall–Kier alpha value is -2.09. The van der Waals surface area contributed by atoms with Gasteiger partial charge in [0.15, 0.2) is 0 Å². The lowest BCUT2D eigenvalue weighted by Gasteiger charge is -2.33. The average molecular weight is 339 g/mol. The monoisotopic (exact) mass is 339 g/mol. The van der Waals surface area contributed by atoms with Gasteiger partial charge in [-0.05, 0) is 42.0 Å². The number of nitrogens with zero attached hydrogens (tertiary/aromatic N) is 1. The van der Waals surface area contributed by atoms with Gasteiger partial charge in [-0.25, -0.2) is 0 Å². The molecule has 2 atom stereocenters. The zero-order valence-corrected chi connectivity index (χ0v) is 14.6. The van der Waals surface area contributed by atoms with Crippen molar-refractivity contribution in [3.05, 3.63) is 52.2 Å². The van der Waals surface area contributed by atoms with Crippen LogP contribution < -0.4 is 4.90 Å². The molecule has 0 saturated carbocycles. The summed E-state index contributed by atoms with van der Waals surface area (Å²) in [4.78, 5) is 16.3. The second-order valence-electron chi connectivity index (χ2n) is 6.15. The Morgan fingerprint density at radius 2 is 2.29 bits per heavy atom. The van der Waals surface area contributed by atoms with Crippen molar-refractivity contribution in [3.63, 3.8) is 0 Å². The van der Waals surface area contributed by atoms with Crippen molar-refractivity contribution < 1.29 is 9.53 Å². The molecule has 4 heteroatoms. The van der Waals surface area contributed by atoms with Crippen molar-refractivity contribution >= 4 is 22.9 Å². The number of rotatable bonds is 4. The predicted molar refractivity (Wildman–Crippen MR) is 98.0 cm³/mol. The Balaban J connectivity index is 1.91. The number of thiophene rings is 1. The van der Waals surface area contributed by atoms with Gasteiger partial charge < -0.3 is 9.64 Å². The maximum absolute atomic E-state index is 13.3. The number of anilines is 1. The van der Waals surface area contributed by atoms with Crippen LogP contribution in [-0.2, 0) is 16.1 Å². The molecule has 124 valence electrons. The van der Waals surface area contributed by atoms with Gasteiger partial charge in [-0.1, -0.05) is 25.0 Å². The van der Waals surface area contributed by atoms with Crippen LogP contribution in [0.25, 0.3) is 0 Å². The number of hydrogen-bond donors (Lipinski definition) is 0. The van der Waals surface area contributed by atoms with E-state index in [1.165, 1.54) is 0 Å². The maximum Gasteiger partial charge on any atom is 0.230 e. The summed E-state index contributed by atoms with van der Waals surface area (Å²) in [7, 11) is 0. The van der Waals surface area contributed by atoms with E-state index in [-0.39, 0.29) is 17.7 Å². The molecular formula is C20H21NO2S. The molecule has 0 aliphatic carbocycles. The predicted octanol–water partition coefficient (Wildman–Crippen LogP) is 3.94. The normalized spacial score (nSPS) is 20.3. The van der Waals surface area contributed by atoms with Crippen LogP contribution in [0.4, 0.5) is 5.69 Å². The first kappa shape index (κ1) is 16.8. The fourth-order valence-corrected chi connectivity index (χ4v) is 3.76.